The number of hydrogen-bond donors (Lipinski definition) is 0. The highest BCUT2D eigenvalue weighted by atomic mass is 14.4. The molecule has 0 aromatic heterocycles. The predicted octanol–water partition coefficient (Wildman–Crippen LogP) is 6.06. The van der Waals surface area contributed by atoms with E-state index in [0.717, 1.165) is 29.6 Å². The van der Waals surface area contributed by atoms with Gasteiger partial charge in [0.25, 0.3) is 0 Å². The van der Waals surface area contributed by atoms with E-state index in [9.17, 15) is 0 Å². The first kappa shape index (κ1) is 14.4. The first-order valence-electron chi connectivity index (χ1n) is 8.74. The average Bonchev–Trinajstić information content (AvgIpc) is 2.46. The normalized spacial score (nSPS) is 39.5. The monoisotopic (exact) mass is 250 g/mol. The van der Waals surface area contributed by atoms with E-state index in [4.69, 9.17) is 0 Å². The molecule has 0 saturated heterocycles. The molecule has 4 unspecified atom stereocenters. The summed E-state index contributed by atoms with van der Waals surface area (Å²) in [5, 5.41) is 0. The molecule has 2 fully saturated rings. The Hall–Kier alpha value is 0. The molecular formula is C18H34. The Balaban J connectivity index is 1.87. The molecule has 106 valence electrons. The van der Waals surface area contributed by atoms with E-state index in [0.29, 0.717) is 0 Å². The molecule has 0 heteroatoms. The number of hydrogen-bond acceptors (Lipinski definition) is 0. The minimum Gasteiger partial charge on any atom is -0.0651 e. The summed E-state index contributed by atoms with van der Waals surface area (Å²) >= 11 is 0. The number of rotatable bonds is 4. The highest BCUT2D eigenvalue weighted by Gasteiger charge is 2.32. The molecule has 0 bridgehead atoms. The smallest absolute Gasteiger partial charge is 0.0383 e. The zero-order valence-corrected chi connectivity index (χ0v) is 13.0. The first-order chi connectivity index (χ1) is 8.74. The molecule has 0 N–H and O–H groups in total. The highest BCUT2D eigenvalue weighted by Crippen LogP contribution is 2.43. The molecule has 0 amide bonds. The molecule has 0 nitrogen and oxygen atoms in total. The van der Waals surface area contributed by atoms with Crippen LogP contribution in [0.15, 0.2) is 0 Å². The first-order valence-corrected chi connectivity index (χ1v) is 8.74. The van der Waals surface area contributed by atoms with Gasteiger partial charge in [-0.15, -0.1) is 0 Å². The Morgan fingerprint density at radius 2 is 1.22 bits per heavy atom. The zero-order chi connectivity index (χ0) is 13.0. The molecule has 0 aliphatic heterocycles. The molecule has 0 aromatic carbocycles. The van der Waals surface area contributed by atoms with E-state index < -0.39 is 0 Å². The molecule has 0 spiro atoms. The van der Waals surface area contributed by atoms with Gasteiger partial charge in [-0.05, 0) is 42.4 Å². The molecule has 2 rings (SSSR count). The molecule has 0 heterocycles. The third kappa shape index (κ3) is 3.52. The van der Waals surface area contributed by atoms with Crippen molar-refractivity contribution >= 4 is 0 Å². The van der Waals surface area contributed by atoms with Crippen molar-refractivity contribution in [2.24, 2.45) is 29.6 Å². The van der Waals surface area contributed by atoms with E-state index in [-0.39, 0.29) is 0 Å². The summed E-state index contributed by atoms with van der Waals surface area (Å²) in [6.45, 7) is 7.38. The van der Waals surface area contributed by atoms with Crippen LogP contribution in [-0.4, -0.2) is 0 Å². The van der Waals surface area contributed by atoms with Crippen LogP contribution in [0.4, 0.5) is 0 Å². The van der Waals surface area contributed by atoms with Crippen molar-refractivity contribution in [2.45, 2.75) is 85.0 Å². The second-order valence-electron chi connectivity index (χ2n) is 7.26. The lowest BCUT2D eigenvalue weighted by atomic mass is 9.66. The maximum Gasteiger partial charge on any atom is -0.0383 e. The van der Waals surface area contributed by atoms with Crippen molar-refractivity contribution < 1.29 is 0 Å². The molecule has 2 aliphatic carbocycles. The lowest BCUT2D eigenvalue weighted by Crippen LogP contribution is -2.29. The molecule has 2 saturated carbocycles. The SMILES string of the molecule is CCC1CCCC(C(C)C2CCCC(CC)C2)C1. The van der Waals surface area contributed by atoms with Gasteiger partial charge in [-0.3, -0.25) is 0 Å². The van der Waals surface area contributed by atoms with Gasteiger partial charge in [-0.25, -0.2) is 0 Å². The minimum absolute atomic E-state index is 1.01. The van der Waals surface area contributed by atoms with Crippen LogP contribution >= 0.6 is 0 Å². The van der Waals surface area contributed by atoms with Crippen LogP contribution in [0, 0.1) is 29.6 Å². The summed E-state index contributed by atoms with van der Waals surface area (Å²) in [5.41, 5.74) is 0. The van der Waals surface area contributed by atoms with Gasteiger partial charge in [0.1, 0.15) is 0 Å². The summed E-state index contributed by atoms with van der Waals surface area (Å²) < 4.78 is 0. The van der Waals surface area contributed by atoms with Crippen molar-refractivity contribution in [3.8, 4) is 0 Å². The summed E-state index contributed by atoms with van der Waals surface area (Å²) in [6, 6.07) is 0. The standard InChI is InChI=1S/C18H34/c1-4-15-8-6-10-17(12-15)14(3)18-11-7-9-16(5-2)13-18/h14-18H,4-13H2,1-3H3. The molecule has 0 radical (unpaired) electrons. The molecule has 18 heavy (non-hydrogen) atoms. The third-order valence-electron chi connectivity index (χ3n) is 6.29. The Labute approximate surface area is 115 Å². The van der Waals surface area contributed by atoms with Crippen molar-refractivity contribution in [1.82, 2.24) is 0 Å². The van der Waals surface area contributed by atoms with Gasteiger partial charge < -0.3 is 0 Å². The van der Waals surface area contributed by atoms with Crippen LogP contribution in [0.25, 0.3) is 0 Å². The maximum atomic E-state index is 2.59. The fraction of sp³-hybridized carbons (Fsp3) is 1.00. The lowest BCUT2D eigenvalue weighted by Gasteiger charge is -2.40. The minimum atomic E-state index is 1.01. The van der Waals surface area contributed by atoms with Crippen LogP contribution in [0.5, 0.6) is 0 Å². The Morgan fingerprint density at radius 1 is 0.778 bits per heavy atom. The van der Waals surface area contributed by atoms with E-state index >= 15 is 0 Å². The highest BCUT2D eigenvalue weighted by molar-refractivity contribution is 4.83. The fourth-order valence-electron chi connectivity index (χ4n) is 4.75. The van der Waals surface area contributed by atoms with E-state index in [1.54, 1.807) is 12.8 Å². The summed E-state index contributed by atoms with van der Waals surface area (Å²) in [6.07, 6.45) is 15.1. The van der Waals surface area contributed by atoms with Crippen molar-refractivity contribution in [2.75, 3.05) is 0 Å². The van der Waals surface area contributed by atoms with Crippen molar-refractivity contribution in [3.05, 3.63) is 0 Å². The molecule has 2 aliphatic rings. The van der Waals surface area contributed by atoms with Crippen LogP contribution in [-0.2, 0) is 0 Å². The Kier molecular flexibility index (Phi) is 5.57. The van der Waals surface area contributed by atoms with Gasteiger partial charge in [0.15, 0.2) is 0 Å². The van der Waals surface area contributed by atoms with E-state index in [2.05, 4.69) is 20.8 Å². The lowest BCUT2D eigenvalue weighted by molar-refractivity contribution is 0.112. The van der Waals surface area contributed by atoms with Gasteiger partial charge in [0.2, 0.25) is 0 Å². The Morgan fingerprint density at radius 3 is 1.61 bits per heavy atom. The summed E-state index contributed by atoms with van der Waals surface area (Å²) in [7, 11) is 0. The third-order valence-corrected chi connectivity index (χ3v) is 6.29. The molecular weight excluding hydrogens is 216 g/mol. The summed E-state index contributed by atoms with van der Waals surface area (Å²) in [5.74, 6) is 5.23. The van der Waals surface area contributed by atoms with Gasteiger partial charge in [0.05, 0.1) is 0 Å². The van der Waals surface area contributed by atoms with Crippen molar-refractivity contribution in [3.63, 3.8) is 0 Å². The van der Waals surface area contributed by atoms with E-state index in [1.165, 1.54) is 51.4 Å². The van der Waals surface area contributed by atoms with Crippen LogP contribution in [0.2, 0.25) is 0 Å². The van der Waals surface area contributed by atoms with Gasteiger partial charge in [-0.2, -0.15) is 0 Å². The fourth-order valence-corrected chi connectivity index (χ4v) is 4.75. The van der Waals surface area contributed by atoms with Crippen LogP contribution in [0.1, 0.15) is 85.0 Å². The maximum absolute atomic E-state index is 2.59. The molecule has 4 atom stereocenters. The second kappa shape index (κ2) is 6.96. The topological polar surface area (TPSA) is 0 Å². The average molecular weight is 250 g/mol. The van der Waals surface area contributed by atoms with Gasteiger partial charge in [-0.1, -0.05) is 72.1 Å². The summed E-state index contributed by atoms with van der Waals surface area (Å²) in [4.78, 5) is 0. The Bertz CT molecular complexity index is 208. The zero-order valence-electron chi connectivity index (χ0n) is 13.0. The van der Waals surface area contributed by atoms with Crippen LogP contribution < -0.4 is 0 Å². The quantitative estimate of drug-likeness (QED) is 0.569. The van der Waals surface area contributed by atoms with Gasteiger partial charge in [0, 0.05) is 0 Å². The van der Waals surface area contributed by atoms with E-state index in [1.807, 2.05) is 0 Å². The molecule has 0 aromatic rings. The second-order valence-corrected chi connectivity index (χ2v) is 7.26. The van der Waals surface area contributed by atoms with Gasteiger partial charge >= 0.3 is 0 Å². The van der Waals surface area contributed by atoms with Crippen LogP contribution in [0.3, 0.4) is 0 Å². The largest absolute Gasteiger partial charge is 0.0651 e. The predicted molar refractivity (Wildman–Crippen MR) is 80.6 cm³/mol. The van der Waals surface area contributed by atoms with Crippen molar-refractivity contribution in [1.29, 1.82) is 0 Å².